The van der Waals surface area contributed by atoms with E-state index < -0.39 is 6.04 Å². The zero-order valence-electron chi connectivity index (χ0n) is 14.9. The fourth-order valence-corrected chi connectivity index (χ4v) is 3.41. The lowest BCUT2D eigenvalue weighted by Gasteiger charge is -2.29. The van der Waals surface area contributed by atoms with Gasteiger partial charge < -0.3 is 15.0 Å². The number of carbonyl (C=O) groups excluding carboxylic acids is 4. The Kier molecular flexibility index (Phi) is 5.06. The SMILES string of the molecule is CC(C)NC(=O)COc1cccc2c1CN(C1CCC(=O)CC1=O)C2=O. The molecule has 1 heterocycles. The van der Waals surface area contributed by atoms with Crippen molar-refractivity contribution < 1.29 is 23.9 Å². The highest BCUT2D eigenvalue weighted by Crippen LogP contribution is 2.34. The molecule has 2 amide bonds. The molecule has 3 rings (SSSR count). The molecule has 26 heavy (non-hydrogen) atoms. The van der Waals surface area contributed by atoms with E-state index in [1.165, 1.54) is 4.90 Å². The first-order chi connectivity index (χ1) is 12.4. The molecule has 7 heteroatoms. The van der Waals surface area contributed by atoms with Crippen molar-refractivity contribution in [3.63, 3.8) is 0 Å². The summed E-state index contributed by atoms with van der Waals surface area (Å²) in [5, 5.41) is 2.74. The van der Waals surface area contributed by atoms with Gasteiger partial charge in [0, 0.05) is 23.6 Å². The van der Waals surface area contributed by atoms with E-state index in [-0.39, 0.29) is 49.0 Å². The van der Waals surface area contributed by atoms with Crippen LogP contribution >= 0.6 is 0 Å². The summed E-state index contributed by atoms with van der Waals surface area (Å²) in [7, 11) is 0. The van der Waals surface area contributed by atoms with E-state index in [1.54, 1.807) is 18.2 Å². The number of ketones is 2. The van der Waals surface area contributed by atoms with Gasteiger partial charge in [-0.2, -0.15) is 0 Å². The first-order valence-electron chi connectivity index (χ1n) is 8.76. The normalized spacial score (nSPS) is 19.7. The van der Waals surface area contributed by atoms with E-state index in [9.17, 15) is 19.2 Å². The molecule has 1 N–H and O–H groups in total. The van der Waals surface area contributed by atoms with Crippen molar-refractivity contribution in [1.29, 1.82) is 0 Å². The number of Topliss-reactive ketones (excluding diaryl/α,β-unsaturated/α-hetero) is 2. The number of nitrogens with zero attached hydrogens (tertiary/aromatic N) is 1. The van der Waals surface area contributed by atoms with E-state index in [0.717, 1.165) is 0 Å². The number of hydrogen-bond acceptors (Lipinski definition) is 5. The third-order valence-electron chi connectivity index (χ3n) is 4.58. The molecule has 1 saturated carbocycles. The van der Waals surface area contributed by atoms with Gasteiger partial charge in [0.15, 0.2) is 12.4 Å². The molecule has 138 valence electrons. The third-order valence-corrected chi connectivity index (χ3v) is 4.58. The number of benzene rings is 1. The Morgan fingerprint density at radius 1 is 1.31 bits per heavy atom. The second kappa shape index (κ2) is 7.27. The lowest BCUT2D eigenvalue weighted by molar-refractivity contribution is -0.133. The van der Waals surface area contributed by atoms with Crippen LogP contribution in [-0.2, 0) is 20.9 Å². The van der Waals surface area contributed by atoms with Gasteiger partial charge in [0.05, 0.1) is 19.0 Å². The van der Waals surface area contributed by atoms with Gasteiger partial charge in [0.1, 0.15) is 11.5 Å². The molecule has 2 aliphatic rings. The van der Waals surface area contributed by atoms with Gasteiger partial charge in [-0.25, -0.2) is 0 Å². The third kappa shape index (κ3) is 3.61. The molecule has 1 unspecified atom stereocenters. The van der Waals surface area contributed by atoms with Crippen molar-refractivity contribution in [2.75, 3.05) is 6.61 Å². The molecular weight excluding hydrogens is 336 g/mol. The monoisotopic (exact) mass is 358 g/mol. The van der Waals surface area contributed by atoms with E-state index >= 15 is 0 Å². The highest BCUT2D eigenvalue weighted by atomic mass is 16.5. The Morgan fingerprint density at radius 2 is 2.08 bits per heavy atom. The van der Waals surface area contributed by atoms with Crippen molar-refractivity contribution in [3.05, 3.63) is 29.3 Å². The molecule has 1 fully saturated rings. The molecule has 7 nitrogen and oxygen atoms in total. The number of hydrogen-bond donors (Lipinski definition) is 1. The highest BCUT2D eigenvalue weighted by Gasteiger charge is 2.39. The van der Waals surface area contributed by atoms with Crippen molar-refractivity contribution in [1.82, 2.24) is 10.2 Å². The van der Waals surface area contributed by atoms with Crippen molar-refractivity contribution in [2.24, 2.45) is 0 Å². The summed E-state index contributed by atoms with van der Waals surface area (Å²) >= 11 is 0. The number of nitrogens with one attached hydrogen (secondary N) is 1. The van der Waals surface area contributed by atoms with Gasteiger partial charge in [-0.1, -0.05) is 6.07 Å². The van der Waals surface area contributed by atoms with Crippen molar-refractivity contribution in [2.45, 2.75) is 51.7 Å². The maximum atomic E-state index is 12.7. The summed E-state index contributed by atoms with van der Waals surface area (Å²) in [6.45, 7) is 3.83. The lowest BCUT2D eigenvalue weighted by Crippen LogP contribution is -2.44. The van der Waals surface area contributed by atoms with Crippen LogP contribution in [0.2, 0.25) is 0 Å². The number of fused-ring (bicyclic) bond motifs is 1. The highest BCUT2D eigenvalue weighted by molar-refractivity contribution is 6.07. The lowest BCUT2D eigenvalue weighted by atomic mass is 9.92. The predicted molar refractivity (Wildman–Crippen MR) is 92.7 cm³/mol. The van der Waals surface area contributed by atoms with Crippen LogP contribution in [0, 0.1) is 0 Å². The number of carbonyl (C=O) groups is 4. The second-order valence-electron chi connectivity index (χ2n) is 6.96. The average Bonchev–Trinajstić information content (AvgIpc) is 2.90. The predicted octanol–water partition coefficient (Wildman–Crippen LogP) is 1.24. The summed E-state index contributed by atoms with van der Waals surface area (Å²) in [5.41, 5.74) is 1.16. The first-order valence-corrected chi connectivity index (χ1v) is 8.76. The summed E-state index contributed by atoms with van der Waals surface area (Å²) in [6, 6.07) is 4.55. The van der Waals surface area contributed by atoms with Crippen LogP contribution < -0.4 is 10.1 Å². The van der Waals surface area contributed by atoms with E-state index in [0.29, 0.717) is 29.7 Å². The summed E-state index contributed by atoms with van der Waals surface area (Å²) in [6.07, 6.45) is 0.573. The minimum atomic E-state index is -0.565. The van der Waals surface area contributed by atoms with Crippen LogP contribution in [0.4, 0.5) is 0 Å². The first kappa shape index (κ1) is 18.1. The van der Waals surface area contributed by atoms with Crippen LogP contribution in [-0.4, -0.2) is 47.0 Å². The van der Waals surface area contributed by atoms with E-state index in [4.69, 9.17) is 4.74 Å². The van der Waals surface area contributed by atoms with Crippen LogP contribution in [0.3, 0.4) is 0 Å². The van der Waals surface area contributed by atoms with Crippen LogP contribution in [0.1, 0.15) is 49.0 Å². The topological polar surface area (TPSA) is 92.8 Å². The molecule has 0 aromatic heterocycles. The largest absolute Gasteiger partial charge is 0.483 e. The minimum absolute atomic E-state index is 0.0182. The van der Waals surface area contributed by atoms with Gasteiger partial charge in [-0.3, -0.25) is 19.2 Å². The van der Waals surface area contributed by atoms with E-state index in [1.807, 2.05) is 13.8 Å². The minimum Gasteiger partial charge on any atom is -0.483 e. The van der Waals surface area contributed by atoms with Gasteiger partial charge in [-0.15, -0.1) is 0 Å². The number of ether oxygens (including phenoxy) is 1. The Balaban J connectivity index is 1.74. The molecule has 0 saturated heterocycles. The van der Waals surface area contributed by atoms with Crippen molar-refractivity contribution >= 4 is 23.4 Å². The maximum absolute atomic E-state index is 12.7. The molecule has 1 aliphatic heterocycles. The molecule has 1 aromatic carbocycles. The van der Waals surface area contributed by atoms with E-state index in [2.05, 4.69) is 5.32 Å². The standard InChI is InChI=1S/C19H22N2O5/c1-11(2)20-18(24)10-26-17-5-3-4-13-14(17)9-21(19(13)25)15-7-6-12(22)8-16(15)23/h3-5,11,15H,6-10H2,1-2H3,(H,20,24). The van der Waals surface area contributed by atoms with Crippen LogP contribution in [0.25, 0.3) is 0 Å². The van der Waals surface area contributed by atoms with Crippen LogP contribution in [0.5, 0.6) is 5.75 Å². The Bertz CT molecular complexity index is 771. The smallest absolute Gasteiger partial charge is 0.258 e. The Morgan fingerprint density at radius 3 is 2.77 bits per heavy atom. The number of rotatable bonds is 5. The second-order valence-corrected chi connectivity index (χ2v) is 6.96. The molecule has 0 radical (unpaired) electrons. The molecule has 0 spiro atoms. The molecule has 1 aromatic rings. The summed E-state index contributed by atoms with van der Waals surface area (Å²) < 4.78 is 5.61. The zero-order chi connectivity index (χ0) is 18.8. The summed E-state index contributed by atoms with van der Waals surface area (Å²) in [4.78, 5) is 49.6. The van der Waals surface area contributed by atoms with Crippen LogP contribution in [0.15, 0.2) is 18.2 Å². The van der Waals surface area contributed by atoms with Gasteiger partial charge in [0.25, 0.3) is 11.8 Å². The molecule has 1 atom stereocenters. The molecular formula is C19H22N2O5. The molecule has 1 aliphatic carbocycles. The fraction of sp³-hybridized carbons (Fsp3) is 0.474. The zero-order valence-corrected chi connectivity index (χ0v) is 14.9. The Labute approximate surface area is 151 Å². The molecule has 0 bridgehead atoms. The number of amides is 2. The fourth-order valence-electron chi connectivity index (χ4n) is 3.41. The van der Waals surface area contributed by atoms with Gasteiger partial charge in [-0.05, 0) is 32.4 Å². The summed E-state index contributed by atoms with van der Waals surface area (Å²) in [5.74, 6) is -0.280. The quantitative estimate of drug-likeness (QED) is 0.800. The van der Waals surface area contributed by atoms with Crippen molar-refractivity contribution in [3.8, 4) is 5.75 Å². The Hall–Kier alpha value is -2.70. The maximum Gasteiger partial charge on any atom is 0.258 e. The van der Waals surface area contributed by atoms with Gasteiger partial charge >= 0.3 is 0 Å². The van der Waals surface area contributed by atoms with Gasteiger partial charge in [0.2, 0.25) is 0 Å². The average molecular weight is 358 g/mol.